The van der Waals surface area contributed by atoms with Crippen LogP contribution in [0.1, 0.15) is 19.4 Å². The fourth-order valence-corrected chi connectivity index (χ4v) is 1.54. The molecule has 1 N–H and O–H groups in total. The maximum absolute atomic E-state index is 11.5. The summed E-state index contributed by atoms with van der Waals surface area (Å²) >= 11 is 0. The van der Waals surface area contributed by atoms with E-state index in [-0.39, 0.29) is 0 Å². The molecule has 0 aliphatic rings. The third-order valence-electron chi connectivity index (χ3n) is 2.74. The number of benzene rings is 1. The molecule has 0 saturated heterocycles. The molecule has 0 aromatic heterocycles. The fourth-order valence-electron chi connectivity index (χ4n) is 1.20. The summed E-state index contributed by atoms with van der Waals surface area (Å²) in [6.07, 6.45) is 1.27. The van der Waals surface area contributed by atoms with E-state index in [4.69, 9.17) is 0 Å². The molecule has 0 atom stereocenters. The van der Waals surface area contributed by atoms with Gasteiger partial charge < -0.3 is 5.32 Å². The fraction of sp³-hybridized carbons (Fsp3) is 0.500. The Morgan fingerprint density at radius 2 is 1.94 bits per heavy atom. The van der Waals surface area contributed by atoms with Crippen molar-refractivity contribution in [2.45, 2.75) is 25.5 Å². The van der Waals surface area contributed by atoms with Crippen LogP contribution in [-0.2, 0) is 9.84 Å². The van der Waals surface area contributed by atoms with Gasteiger partial charge in [0.05, 0.1) is 4.75 Å². The van der Waals surface area contributed by atoms with Gasteiger partial charge in [0.1, 0.15) is 0 Å². The van der Waals surface area contributed by atoms with Gasteiger partial charge in [-0.05, 0) is 38.5 Å². The van der Waals surface area contributed by atoms with Crippen LogP contribution in [0.15, 0.2) is 24.3 Å². The molecule has 16 heavy (non-hydrogen) atoms. The highest BCUT2D eigenvalue weighted by Crippen LogP contribution is 2.17. The van der Waals surface area contributed by atoms with Crippen molar-refractivity contribution in [2.75, 3.05) is 18.1 Å². The zero-order valence-corrected chi connectivity index (χ0v) is 11.1. The van der Waals surface area contributed by atoms with Crippen molar-refractivity contribution in [3.8, 4) is 0 Å². The third kappa shape index (κ3) is 3.23. The summed E-state index contributed by atoms with van der Waals surface area (Å²) in [4.78, 5) is 0. The predicted molar refractivity (Wildman–Crippen MR) is 68.6 cm³/mol. The molecule has 90 valence electrons. The Kier molecular flexibility index (Phi) is 3.63. The van der Waals surface area contributed by atoms with Crippen LogP contribution < -0.4 is 5.32 Å². The van der Waals surface area contributed by atoms with Gasteiger partial charge in [0.2, 0.25) is 0 Å². The van der Waals surface area contributed by atoms with E-state index >= 15 is 0 Å². The number of hydrogen-bond donors (Lipinski definition) is 1. The van der Waals surface area contributed by atoms with E-state index in [1.165, 1.54) is 6.26 Å². The zero-order valence-electron chi connectivity index (χ0n) is 10.2. The first kappa shape index (κ1) is 13.0. The van der Waals surface area contributed by atoms with E-state index in [0.717, 1.165) is 11.3 Å². The van der Waals surface area contributed by atoms with Gasteiger partial charge in [-0.1, -0.05) is 12.1 Å². The molecular formula is C12H19NO2S. The first-order chi connectivity index (χ1) is 7.22. The Bertz CT molecular complexity index is 464. The second kappa shape index (κ2) is 4.45. The lowest BCUT2D eigenvalue weighted by molar-refractivity contribution is 0.560. The van der Waals surface area contributed by atoms with Gasteiger partial charge in [0.25, 0.3) is 0 Å². The molecule has 1 aromatic rings. The quantitative estimate of drug-likeness (QED) is 0.879. The standard InChI is InChI=1S/C12H19NO2S/c1-10-6-5-7-11(8-10)13-9-12(2,3)16(4,14)15/h5-8,13H,9H2,1-4H3. The minimum absolute atomic E-state index is 0.412. The molecule has 0 spiro atoms. The van der Waals surface area contributed by atoms with E-state index in [1.54, 1.807) is 13.8 Å². The van der Waals surface area contributed by atoms with Crippen LogP contribution in [-0.4, -0.2) is 26.0 Å². The third-order valence-corrected chi connectivity index (χ3v) is 4.89. The zero-order chi connectivity index (χ0) is 12.4. The topological polar surface area (TPSA) is 46.2 Å². The summed E-state index contributed by atoms with van der Waals surface area (Å²) in [6.45, 7) is 5.87. The highest BCUT2D eigenvalue weighted by molar-refractivity contribution is 7.92. The Hall–Kier alpha value is -1.03. The van der Waals surface area contributed by atoms with Crippen molar-refractivity contribution < 1.29 is 8.42 Å². The molecule has 1 rings (SSSR count). The number of rotatable bonds is 4. The van der Waals surface area contributed by atoms with E-state index in [0.29, 0.717) is 6.54 Å². The molecule has 0 aliphatic carbocycles. The maximum atomic E-state index is 11.5. The van der Waals surface area contributed by atoms with Crippen LogP contribution in [0, 0.1) is 6.92 Å². The van der Waals surface area contributed by atoms with Gasteiger partial charge in [0, 0.05) is 18.5 Å². The molecule has 0 aliphatic heterocycles. The SMILES string of the molecule is Cc1cccc(NCC(C)(C)S(C)(=O)=O)c1. The average Bonchev–Trinajstić information content (AvgIpc) is 2.13. The van der Waals surface area contributed by atoms with Crippen molar-refractivity contribution in [3.05, 3.63) is 29.8 Å². The van der Waals surface area contributed by atoms with Crippen LogP contribution in [0.3, 0.4) is 0 Å². The number of nitrogens with one attached hydrogen (secondary N) is 1. The van der Waals surface area contributed by atoms with E-state index in [1.807, 2.05) is 31.2 Å². The monoisotopic (exact) mass is 241 g/mol. The molecule has 0 heterocycles. The number of hydrogen-bond acceptors (Lipinski definition) is 3. The van der Waals surface area contributed by atoms with Crippen LogP contribution in [0.25, 0.3) is 0 Å². The molecule has 3 nitrogen and oxygen atoms in total. The minimum Gasteiger partial charge on any atom is -0.383 e. The van der Waals surface area contributed by atoms with Crippen molar-refractivity contribution in [1.29, 1.82) is 0 Å². The molecule has 0 radical (unpaired) electrons. The summed E-state index contributed by atoms with van der Waals surface area (Å²) < 4.78 is 22.2. The number of sulfone groups is 1. The summed E-state index contributed by atoms with van der Waals surface area (Å²) in [7, 11) is -3.05. The highest BCUT2D eigenvalue weighted by atomic mass is 32.2. The predicted octanol–water partition coefficient (Wildman–Crippen LogP) is 2.23. The summed E-state index contributed by atoms with van der Waals surface area (Å²) in [6, 6.07) is 7.89. The van der Waals surface area contributed by atoms with Gasteiger partial charge in [-0.25, -0.2) is 8.42 Å². The van der Waals surface area contributed by atoms with Crippen LogP contribution in [0.2, 0.25) is 0 Å². The van der Waals surface area contributed by atoms with E-state index in [9.17, 15) is 8.42 Å². The first-order valence-corrected chi connectivity index (χ1v) is 7.12. The van der Waals surface area contributed by atoms with Gasteiger partial charge in [-0.2, -0.15) is 0 Å². The van der Waals surface area contributed by atoms with Crippen LogP contribution in [0.5, 0.6) is 0 Å². The summed E-state index contributed by atoms with van der Waals surface area (Å²) in [5.74, 6) is 0. The lowest BCUT2D eigenvalue weighted by Gasteiger charge is -2.23. The smallest absolute Gasteiger partial charge is 0.154 e. The number of anilines is 1. The van der Waals surface area contributed by atoms with Gasteiger partial charge in [-0.15, -0.1) is 0 Å². The molecule has 0 saturated carbocycles. The van der Waals surface area contributed by atoms with Crippen LogP contribution >= 0.6 is 0 Å². The maximum Gasteiger partial charge on any atom is 0.154 e. The molecular weight excluding hydrogens is 222 g/mol. The summed E-state index contributed by atoms with van der Waals surface area (Å²) in [5, 5.41) is 3.15. The molecule has 4 heteroatoms. The van der Waals surface area contributed by atoms with Gasteiger partial charge in [-0.3, -0.25) is 0 Å². The van der Waals surface area contributed by atoms with Crippen molar-refractivity contribution in [2.24, 2.45) is 0 Å². The van der Waals surface area contributed by atoms with Gasteiger partial charge in [0.15, 0.2) is 9.84 Å². The number of aryl methyl sites for hydroxylation is 1. The van der Waals surface area contributed by atoms with E-state index in [2.05, 4.69) is 5.32 Å². The highest BCUT2D eigenvalue weighted by Gasteiger charge is 2.29. The Morgan fingerprint density at radius 3 is 2.44 bits per heavy atom. The lowest BCUT2D eigenvalue weighted by atomic mass is 10.2. The summed E-state index contributed by atoms with van der Waals surface area (Å²) in [5.41, 5.74) is 2.11. The first-order valence-electron chi connectivity index (χ1n) is 5.22. The molecule has 0 unspecified atom stereocenters. The molecule has 0 amide bonds. The lowest BCUT2D eigenvalue weighted by Crippen LogP contribution is -2.38. The largest absolute Gasteiger partial charge is 0.383 e. The van der Waals surface area contributed by atoms with Gasteiger partial charge >= 0.3 is 0 Å². The second-order valence-electron chi connectivity index (χ2n) is 4.75. The van der Waals surface area contributed by atoms with E-state index < -0.39 is 14.6 Å². The molecule has 0 bridgehead atoms. The average molecular weight is 241 g/mol. The second-order valence-corrected chi connectivity index (χ2v) is 7.40. The van der Waals surface area contributed by atoms with Crippen molar-refractivity contribution in [1.82, 2.24) is 0 Å². The molecule has 1 aromatic carbocycles. The van der Waals surface area contributed by atoms with Crippen molar-refractivity contribution in [3.63, 3.8) is 0 Å². The Labute approximate surface area is 97.8 Å². The molecule has 0 fully saturated rings. The minimum atomic E-state index is -3.05. The Balaban J connectivity index is 2.72. The van der Waals surface area contributed by atoms with Crippen LogP contribution in [0.4, 0.5) is 5.69 Å². The Morgan fingerprint density at radius 1 is 1.31 bits per heavy atom. The van der Waals surface area contributed by atoms with Crippen molar-refractivity contribution >= 4 is 15.5 Å². The normalized spacial score (nSPS) is 12.5.